The molecule has 8 nitrogen and oxygen atoms in total. The number of carbonyl (C=O) groups is 3. The molecule has 9 heteroatoms. The summed E-state index contributed by atoms with van der Waals surface area (Å²) in [4.78, 5) is 49.3. The first-order valence-electron chi connectivity index (χ1n) is 13.7. The van der Waals surface area contributed by atoms with Crippen LogP contribution in [0.3, 0.4) is 0 Å². The van der Waals surface area contributed by atoms with Gasteiger partial charge in [-0.05, 0) is 48.1 Å². The largest absolute Gasteiger partial charge is 0.497 e. The lowest BCUT2D eigenvalue weighted by atomic mass is 9.98. The number of nitrogens with zero attached hydrogens (tertiary/aromatic N) is 3. The maximum Gasteiger partial charge on any atom is 0.255 e. The second kappa shape index (κ2) is 11.5. The molecule has 3 aromatic rings. The number of aliphatic hydroxyl groups is 1. The van der Waals surface area contributed by atoms with Crippen molar-refractivity contribution >= 4 is 28.9 Å². The zero-order valence-corrected chi connectivity index (χ0v) is 24.1. The number of aliphatic hydroxyl groups excluding tert-OH is 1. The first-order valence-corrected chi connectivity index (χ1v) is 14.5. The summed E-state index contributed by atoms with van der Waals surface area (Å²) in [7, 11) is 1.55. The third-order valence-corrected chi connectivity index (χ3v) is 8.90. The van der Waals surface area contributed by atoms with E-state index in [0.29, 0.717) is 24.3 Å². The Morgan fingerprint density at radius 2 is 1.93 bits per heavy atom. The van der Waals surface area contributed by atoms with Crippen molar-refractivity contribution in [3.05, 3.63) is 70.4 Å². The second-order valence-electron chi connectivity index (χ2n) is 11.0. The van der Waals surface area contributed by atoms with E-state index in [4.69, 9.17) is 4.74 Å². The van der Waals surface area contributed by atoms with Crippen LogP contribution in [-0.4, -0.2) is 69.3 Å². The summed E-state index contributed by atoms with van der Waals surface area (Å²) >= 11 is 1.60. The van der Waals surface area contributed by atoms with Crippen LogP contribution in [0, 0.1) is 12.8 Å². The Labute approximate surface area is 238 Å². The summed E-state index contributed by atoms with van der Waals surface area (Å²) in [6, 6.07) is 12.1. The monoisotopic (exact) mass is 561 g/mol. The maximum absolute atomic E-state index is 13.9. The van der Waals surface area contributed by atoms with E-state index in [1.807, 2.05) is 56.6 Å². The first kappa shape index (κ1) is 28.0. The molecular weight excluding hydrogens is 526 g/mol. The number of benzene rings is 2. The van der Waals surface area contributed by atoms with Crippen molar-refractivity contribution in [1.29, 1.82) is 0 Å². The SMILES string of the molecule is COc1ccc2c(c1)C(=O)N(C(C(=O)N1C[C@H](O)C[C@H]1C(=O)CCc1ccc(-c3scnc3C)cc1)C(C)C)C2. The van der Waals surface area contributed by atoms with E-state index in [1.54, 1.807) is 35.5 Å². The normalized spacial score (nSPS) is 19.3. The first-order chi connectivity index (χ1) is 19.2. The van der Waals surface area contributed by atoms with Crippen LogP contribution < -0.4 is 4.74 Å². The van der Waals surface area contributed by atoms with E-state index in [9.17, 15) is 19.5 Å². The summed E-state index contributed by atoms with van der Waals surface area (Å²) in [6.07, 6.45) is 0.249. The Balaban J connectivity index is 1.28. The van der Waals surface area contributed by atoms with Crippen LogP contribution in [0.4, 0.5) is 0 Å². The predicted molar refractivity (Wildman–Crippen MR) is 153 cm³/mol. The van der Waals surface area contributed by atoms with Gasteiger partial charge in [0.25, 0.3) is 5.91 Å². The van der Waals surface area contributed by atoms with Crippen molar-refractivity contribution in [3.63, 3.8) is 0 Å². The molecule has 1 saturated heterocycles. The van der Waals surface area contributed by atoms with E-state index in [0.717, 1.165) is 27.3 Å². The predicted octanol–water partition coefficient (Wildman–Crippen LogP) is 4.27. The molecule has 2 aromatic carbocycles. The molecule has 2 aliphatic rings. The van der Waals surface area contributed by atoms with Crippen LogP contribution >= 0.6 is 11.3 Å². The molecule has 0 aliphatic carbocycles. The molecule has 5 rings (SSSR count). The van der Waals surface area contributed by atoms with E-state index < -0.39 is 18.2 Å². The quantitative estimate of drug-likeness (QED) is 0.419. The number of aryl methyl sites for hydroxylation is 2. The van der Waals surface area contributed by atoms with Gasteiger partial charge in [0.2, 0.25) is 5.91 Å². The van der Waals surface area contributed by atoms with Crippen molar-refractivity contribution in [2.24, 2.45) is 5.92 Å². The van der Waals surface area contributed by atoms with Crippen LogP contribution in [0.2, 0.25) is 0 Å². The fraction of sp³-hybridized carbons (Fsp3) is 0.419. The highest BCUT2D eigenvalue weighted by Crippen LogP contribution is 2.32. The van der Waals surface area contributed by atoms with Gasteiger partial charge in [0, 0.05) is 31.5 Å². The number of fused-ring (bicyclic) bond motifs is 1. The molecule has 1 fully saturated rings. The molecule has 2 amide bonds. The second-order valence-corrected chi connectivity index (χ2v) is 11.8. The van der Waals surface area contributed by atoms with E-state index in [-0.39, 0.29) is 42.9 Å². The average molecular weight is 562 g/mol. The van der Waals surface area contributed by atoms with Crippen molar-refractivity contribution in [3.8, 4) is 16.2 Å². The van der Waals surface area contributed by atoms with Gasteiger partial charge in [-0.3, -0.25) is 14.4 Å². The van der Waals surface area contributed by atoms with Crippen LogP contribution in [0.25, 0.3) is 10.4 Å². The number of ketones is 1. The highest BCUT2D eigenvalue weighted by molar-refractivity contribution is 7.13. The van der Waals surface area contributed by atoms with Gasteiger partial charge in [-0.1, -0.05) is 44.2 Å². The lowest BCUT2D eigenvalue weighted by molar-refractivity contribution is -0.142. The number of methoxy groups -OCH3 is 1. The van der Waals surface area contributed by atoms with Gasteiger partial charge in [-0.15, -0.1) is 11.3 Å². The number of rotatable bonds is 9. The molecule has 1 N–H and O–H groups in total. The summed E-state index contributed by atoms with van der Waals surface area (Å²) in [5, 5.41) is 10.5. The fourth-order valence-electron chi connectivity index (χ4n) is 5.80. The van der Waals surface area contributed by atoms with Crippen molar-refractivity contribution in [1.82, 2.24) is 14.8 Å². The minimum Gasteiger partial charge on any atom is -0.497 e. The van der Waals surface area contributed by atoms with Crippen LogP contribution in [-0.2, 0) is 22.6 Å². The summed E-state index contributed by atoms with van der Waals surface area (Å²) < 4.78 is 5.28. The number of aromatic nitrogens is 1. The van der Waals surface area contributed by atoms with Gasteiger partial charge in [0.1, 0.15) is 11.8 Å². The summed E-state index contributed by atoms with van der Waals surface area (Å²) in [5.41, 5.74) is 6.34. The van der Waals surface area contributed by atoms with Gasteiger partial charge >= 0.3 is 0 Å². The Bertz CT molecular complexity index is 1420. The van der Waals surface area contributed by atoms with E-state index in [1.165, 1.54) is 4.90 Å². The molecule has 1 aromatic heterocycles. The molecule has 3 heterocycles. The number of amides is 2. The number of likely N-dealkylation sites (tertiary alicyclic amines) is 1. The highest BCUT2D eigenvalue weighted by atomic mass is 32.1. The Morgan fingerprint density at radius 1 is 1.18 bits per heavy atom. The van der Waals surface area contributed by atoms with Crippen molar-refractivity contribution in [2.75, 3.05) is 13.7 Å². The minimum absolute atomic E-state index is 0.0736. The van der Waals surface area contributed by atoms with Gasteiger partial charge in [-0.25, -0.2) is 4.98 Å². The molecule has 210 valence electrons. The number of ether oxygens (including phenoxy) is 1. The van der Waals surface area contributed by atoms with Gasteiger partial charge < -0.3 is 19.6 Å². The number of β-amino-alcohol motifs (C(OH)–C–C–N with tert-alkyl or cyclic N) is 1. The zero-order valence-electron chi connectivity index (χ0n) is 23.3. The topological polar surface area (TPSA) is 100 Å². The number of thiazole rings is 1. The molecule has 0 saturated carbocycles. The lowest BCUT2D eigenvalue weighted by Gasteiger charge is -2.35. The smallest absolute Gasteiger partial charge is 0.255 e. The Morgan fingerprint density at radius 3 is 2.58 bits per heavy atom. The van der Waals surface area contributed by atoms with Crippen LogP contribution in [0.5, 0.6) is 5.75 Å². The average Bonchev–Trinajstić information content (AvgIpc) is 3.64. The molecule has 1 unspecified atom stereocenters. The van der Waals surface area contributed by atoms with Crippen molar-refractivity contribution < 1.29 is 24.2 Å². The van der Waals surface area contributed by atoms with E-state index in [2.05, 4.69) is 4.98 Å². The number of hydrogen-bond acceptors (Lipinski definition) is 7. The van der Waals surface area contributed by atoms with Crippen LogP contribution in [0.15, 0.2) is 48.0 Å². The Hall–Kier alpha value is -3.56. The van der Waals surface area contributed by atoms with Gasteiger partial charge in [0.15, 0.2) is 5.78 Å². The molecule has 3 atom stereocenters. The standard InChI is InChI=1S/C31H35N3O5S/c1-18(2)28(34-15-22-10-11-24(39-4)14-25(22)30(34)37)31(38)33-16-23(35)13-26(33)27(36)12-7-20-5-8-21(9-6-20)29-19(3)32-17-40-29/h5-6,8-11,14,17-18,23,26,28,35H,7,12-13,15-16H2,1-4H3/t23-,26+,28?/m1/s1. The van der Waals surface area contributed by atoms with Gasteiger partial charge in [-0.2, -0.15) is 0 Å². The number of Topliss-reactive ketones (excluding diaryl/α,β-unsaturated/α-hetero) is 1. The lowest BCUT2D eigenvalue weighted by Crippen LogP contribution is -2.54. The zero-order chi connectivity index (χ0) is 28.6. The molecule has 0 bridgehead atoms. The third kappa shape index (κ3) is 5.40. The van der Waals surface area contributed by atoms with Crippen molar-refractivity contribution in [2.45, 2.75) is 64.8 Å². The Kier molecular flexibility index (Phi) is 8.05. The van der Waals surface area contributed by atoms with Gasteiger partial charge in [0.05, 0.1) is 35.3 Å². The molecule has 40 heavy (non-hydrogen) atoms. The number of hydrogen-bond donors (Lipinski definition) is 1. The maximum atomic E-state index is 13.9. The van der Waals surface area contributed by atoms with Crippen LogP contribution in [0.1, 0.15) is 53.9 Å². The molecule has 0 spiro atoms. The highest BCUT2D eigenvalue weighted by Gasteiger charge is 2.45. The fourth-order valence-corrected chi connectivity index (χ4v) is 6.61. The summed E-state index contributed by atoms with van der Waals surface area (Å²) in [5.74, 6) is -0.178. The molecule has 2 aliphatic heterocycles. The number of carbonyl (C=O) groups excluding carboxylic acids is 3. The minimum atomic E-state index is -0.775. The molecule has 0 radical (unpaired) electrons. The van der Waals surface area contributed by atoms with E-state index >= 15 is 0 Å². The third-order valence-electron chi connectivity index (χ3n) is 7.92. The summed E-state index contributed by atoms with van der Waals surface area (Å²) in [6.45, 7) is 6.20. The molecular formula is C31H35N3O5S.